The van der Waals surface area contributed by atoms with E-state index in [2.05, 4.69) is 50.5 Å². The molecule has 0 radical (unpaired) electrons. The van der Waals surface area contributed by atoms with Crippen molar-refractivity contribution in [2.24, 2.45) is 11.8 Å². The highest BCUT2D eigenvalue weighted by Crippen LogP contribution is 2.36. The molecule has 1 aromatic rings. The monoisotopic (exact) mass is 259 g/mol. The van der Waals surface area contributed by atoms with Gasteiger partial charge in [0.15, 0.2) is 0 Å². The highest BCUT2D eigenvalue weighted by atomic mass is 14.9. The molecule has 0 aliphatic heterocycles. The van der Waals surface area contributed by atoms with Gasteiger partial charge in [-0.05, 0) is 55.7 Å². The maximum atomic E-state index is 3.59. The SMILES string of the molecule is CNC1c2ccccc2CCCC1CCCC(C)C. The summed E-state index contributed by atoms with van der Waals surface area (Å²) < 4.78 is 0. The van der Waals surface area contributed by atoms with Crippen LogP contribution in [0.2, 0.25) is 0 Å². The molecule has 106 valence electrons. The Morgan fingerprint density at radius 2 is 2.05 bits per heavy atom. The highest BCUT2D eigenvalue weighted by molar-refractivity contribution is 5.31. The quantitative estimate of drug-likeness (QED) is 0.754. The molecule has 0 aromatic heterocycles. The van der Waals surface area contributed by atoms with Gasteiger partial charge in [-0.15, -0.1) is 0 Å². The van der Waals surface area contributed by atoms with Crippen molar-refractivity contribution in [3.05, 3.63) is 35.4 Å². The molecule has 1 aromatic carbocycles. The van der Waals surface area contributed by atoms with Crippen molar-refractivity contribution in [3.63, 3.8) is 0 Å². The molecule has 2 atom stereocenters. The Kier molecular flexibility index (Phi) is 5.45. The summed E-state index contributed by atoms with van der Waals surface area (Å²) in [5.74, 6) is 1.65. The van der Waals surface area contributed by atoms with Crippen molar-refractivity contribution in [2.45, 2.75) is 58.4 Å². The zero-order chi connectivity index (χ0) is 13.7. The lowest BCUT2D eigenvalue weighted by Gasteiger charge is -2.26. The van der Waals surface area contributed by atoms with Gasteiger partial charge >= 0.3 is 0 Å². The fraction of sp³-hybridized carbons (Fsp3) is 0.667. The second kappa shape index (κ2) is 7.09. The predicted molar refractivity (Wildman–Crippen MR) is 83.4 cm³/mol. The van der Waals surface area contributed by atoms with E-state index in [9.17, 15) is 0 Å². The summed E-state index contributed by atoms with van der Waals surface area (Å²) in [6.45, 7) is 4.66. The van der Waals surface area contributed by atoms with Crippen LogP contribution in [0.5, 0.6) is 0 Å². The van der Waals surface area contributed by atoms with E-state index in [1.807, 2.05) is 0 Å². The third-order valence-electron chi connectivity index (χ3n) is 4.55. The molecule has 2 unspecified atom stereocenters. The van der Waals surface area contributed by atoms with Crippen LogP contribution >= 0.6 is 0 Å². The Morgan fingerprint density at radius 1 is 1.26 bits per heavy atom. The second-order valence-corrected chi connectivity index (χ2v) is 6.44. The van der Waals surface area contributed by atoms with Crippen molar-refractivity contribution in [1.82, 2.24) is 5.32 Å². The molecule has 1 nitrogen and oxygen atoms in total. The lowest BCUT2D eigenvalue weighted by atomic mass is 9.86. The Bertz CT molecular complexity index is 383. The van der Waals surface area contributed by atoms with E-state index in [0.29, 0.717) is 6.04 Å². The summed E-state index contributed by atoms with van der Waals surface area (Å²) in [5.41, 5.74) is 3.12. The number of benzene rings is 1. The summed E-state index contributed by atoms with van der Waals surface area (Å²) in [6.07, 6.45) is 8.10. The van der Waals surface area contributed by atoms with Gasteiger partial charge in [0.25, 0.3) is 0 Å². The first-order valence-electron chi connectivity index (χ1n) is 7.97. The van der Waals surface area contributed by atoms with E-state index < -0.39 is 0 Å². The number of hydrogen-bond donors (Lipinski definition) is 1. The molecule has 0 bridgehead atoms. The second-order valence-electron chi connectivity index (χ2n) is 6.44. The Hall–Kier alpha value is -0.820. The molecule has 1 heteroatoms. The van der Waals surface area contributed by atoms with Gasteiger partial charge in [-0.25, -0.2) is 0 Å². The Labute approximate surface area is 118 Å². The van der Waals surface area contributed by atoms with Gasteiger partial charge in [0.05, 0.1) is 0 Å². The first kappa shape index (κ1) is 14.6. The van der Waals surface area contributed by atoms with Gasteiger partial charge < -0.3 is 5.32 Å². The summed E-state index contributed by atoms with van der Waals surface area (Å²) in [4.78, 5) is 0. The average Bonchev–Trinajstić information content (AvgIpc) is 2.57. The molecule has 1 N–H and O–H groups in total. The molecular formula is C18H29N. The van der Waals surface area contributed by atoms with E-state index in [-0.39, 0.29) is 0 Å². The first-order chi connectivity index (χ1) is 9.22. The van der Waals surface area contributed by atoms with Crippen molar-refractivity contribution in [3.8, 4) is 0 Å². The molecule has 0 spiro atoms. The van der Waals surface area contributed by atoms with Gasteiger partial charge in [0.1, 0.15) is 0 Å². The summed E-state index contributed by atoms with van der Waals surface area (Å²) in [6, 6.07) is 9.59. The smallest absolute Gasteiger partial charge is 0.0348 e. The summed E-state index contributed by atoms with van der Waals surface area (Å²) in [7, 11) is 2.13. The van der Waals surface area contributed by atoms with Crippen molar-refractivity contribution in [2.75, 3.05) is 7.05 Å². The van der Waals surface area contributed by atoms with E-state index in [1.54, 1.807) is 11.1 Å². The summed E-state index contributed by atoms with van der Waals surface area (Å²) in [5, 5.41) is 3.59. The lowest BCUT2D eigenvalue weighted by Crippen LogP contribution is -2.25. The van der Waals surface area contributed by atoms with E-state index in [1.165, 1.54) is 38.5 Å². The largest absolute Gasteiger partial charge is 0.313 e. The van der Waals surface area contributed by atoms with Crippen LogP contribution in [0, 0.1) is 11.8 Å². The zero-order valence-corrected chi connectivity index (χ0v) is 12.8. The minimum atomic E-state index is 0.561. The average molecular weight is 259 g/mol. The van der Waals surface area contributed by atoms with Gasteiger partial charge in [-0.2, -0.15) is 0 Å². The number of nitrogens with one attached hydrogen (secondary N) is 1. The molecule has 0 heterocycles. The normalized spacial score (nSPS) is 23.2. The molecular weight excluding hydrogens is 230 g/mol. The van der Waals surface area contributed by atoms with Crippen LogP contribution < -0.4 is 5.32 Å². The maximum absolute atomic E-state index is 3.59. The molecule has 0 amide bonds. The highest BCUT2D eigenvalue weighted by Gasteiger charge is 2.25. The van der Waals surface area contributed by atoms with Gasteiger partial charge in [-0.3, -0.25) is 0 Å². The Morgan fingerprint density at radius 3 is 2.79 bits per heavy atom. The maximum Gasteiger partial charge on any atom is 0.0348 e. The van der Waals surface area contributed by atoms with Crippen molar-refractivity contribution < 1.29 is 0 Å². The third kappa shape index (κ3) is 3.82. The van der Waals surface area contributed by atoms with Gasteiger partial charge in [0.2, 0.25) is 0 Å². The number of fused-ring (bicyclic) bond motifs is 1. The van der Waals surface area contributed by atoms with Crippen molar-refractivity contribution >= 4 is 0 Å². The van der Waals surface area contributed by atoms with Crippen LogP contribution in [0.1, 0.15) is 63.1 Å². The molecule has 0 fully saturated rings. The number of aryl methyl sites for hydroxylation is 1. The topological polar surface area (TPSA) is 12.0 Å². The molecule has 1 aliphatic rings. The van der Waals surface area contributed by atoms with Crippen LogP contribution in [0.15, 0.2) is 24.3 Å². The van der Waals surface area contributed by atoms with Crippen LogP contribution in [0.4, 0.5) is 0 Å². The first-order valence-corrected chi connectivity index (χ1v) is 7.97. The third-order valence-corrected chi connectivity index (χ3v) is 4.55. The fourth-order valence-corrected chi connectivity index (χ4v) is 3.53. The minimum absolute atomic E-state index is 0.561. The van der Waals surface area contributed by atoms with E-state index >= 15 is 0 Å². The van der Waals surface area contributed by atoms with Crippen molar-refractivity contribution in [1.29, 1.82) is 0 Å². The lowest BCUT2D eigenvalue weighted by molar-refractivity contribution is 0.322. The van der Waals surface area contributed by atoms with Crippen LogP contribution in [0.3, 0.4) is 0 Å². The molecule has 19 heavy (non-hydrogen) atoms. The minimum Gasteiger partial charge on any atom is -0.313 e. The fourth-order valence-electron chi connectivity index (χ4n) is 3.53. The van der Waals surface area contributed by atoms with Crippen LogP contribution in [0.25, 0.3) is 0 Å². The number of hydrogen-bond acceptors (Lipinski definition) is 1. The molecule has 1 aliphatic carbocycles. The standard InChI is InChI=1S/C18H29N/c1-14(2)8-6-11-16-12-7-10-15-9-4-5-13-17(15)18(16)19-3/h4-5,9,13-14,16,18-19H,6-8,10-12H2,1-3H3. The van der Waals surface area contributed by atoms with Gasteiger partial charge in [0, 0.05) is 6.04 Å². The Balaban J connectivity index is 2.07. The molecule has 0 saturated heterocycles. The zero-order valence-electron chi connectivity index (χ0n) is 12.8. The van der Waals surface area contributed by atoms with Gasteiger partial charge in [-0.1, -0.05) is 51.0 Å². The number of rotatable bonds is 5. The predicted octanol–water partition coefficient (Wildman–Crippen LogP) is 4.73. The van der Waals surface area contributed by atoms with Crippen LogP contribution in [-0.4, -0.2) is 7.05 Å². The van der Waals surface area contributed by atoms with E-state index in [4.69, 9.17) is 0 Å². The molecule has 2 rings (SSSR count). The molecule has 0 saturated carbocycles. The van der Waals surface area contributed by atoms with E-state index in [0.717, 1.165) is 11.8 Å². The summed E-state index contributed by atoms with van der Waals surface area (Å²) >= 11 is 0. The van der Waals surface area contributed by atoms with Crippen LogP contribution in [-0.2, 0) is 6.42 Å².